The molecule has 8 N–H and O–H groups in total. The van der Waals surface area contributed by atoms with E-state index in [1.165, 1.54) is 98.8 Å². The van der Waals surface area contributed by atoms with E-state index >= 15 is 0 Å². The van der Waals surface area contributed by atoms with Crippen molar-refractivity contribution >= 4 is 90.6 Å². The molecule has 6 aromatic carbocycles. The summed E-state index contributed by atoms with van der Waals surface area (Å²) in [7, 11) is -18.7. The van der Waals surface area contributed by atoms with E-state index in [-0.39, 0.29) is 54.1 Å². The highest BCUT2D eigenvalue weighted by molar-refractivity contribution is 7.93. The van der Waals surface area contributed by atoms with Crippen LogP contribution in [0.3, 0.4) is 0 Å². The zero-order valence-electron chi connectivity index (χ0n) is 28.8. The Hall–Kier alpha value is -5.97. The standard InChI is InChI=1S/C35H30N4O13S4/c1-19-15-21(53(43,44)38-29-17-31(55(47,48)49)33(40)25-9-5-3-7-23(25)29)11-13-27(19)36-35(42)37-28-14-12-22(16-20(28)2)54(45,46)39-30-18-32(56(50,51)52)34(41)26-10-6-4-8-24(26)30/h3-18,38-41H,1-2H3,(H2,36,37,42)(H,47,48,49)(H,50,51,52). The molecular formula is C35H30N4O13S4. The van der Waals surface area contributed by atoms with Crippen LogP contribution in [0.1, 0.15) is 11.1 Å². The first-order chi connectivity index (χ1) is 26.1. The monoisotopic (exact) mass is 842 g/mol. The highest BCUT2D eigenvalue weighted by Gasteiger charge is 2.26. The number of urea groups is 1. The number of aromatic hydroxyl groups is 2. The molecule has 17 nitrogen and oxygen atoms in total. The summed E-state index contributed by atoms with van der Waals surface area (Å²) in [5.74, 6) is -1.52. The van der Waals surface area contributed by atoms with Crippen molar-refractivity contribution in [2.75, 3.05) is 20.1 Å². The number of phenols is 2. The van der Waals surface area contributed by atoms with E-state index in [0.717, 1.165) is 12.1 Å². The summed E-state index contributed by atoms with van der Waals surface area (Å²) in [6.45, 7) is 3.02. The number of carbonyl (C=O) groups is 1. The Labute approximate surface area is 320 Å². The Morgan fingerprint density at radius 2 is 0.821 bits per heavy atom. The highest BCUT2D eigenvalue weighted by atomic mass is 32.2. The highest BCUT2D eigenvalue weighted by Crippen LogP contribution is 2.39. The number of benzene rings is 6. The molecular weight excluding hydrogens is 813 g/mol. The number of phenolic OH excluding ortho intramolecular Hbond substituents is 2. The second-order valence-corrected chi connectivity index (χ2v) is 18.5. The van der Waals surface area contributed by atoms with Crippen molar-refractivity contribution < 1.29 is 57.8 Å². The van der Waals surface area contributed by atoms with Crippen LogP contribution in [0.2, 0.25) is 0 Å². The number of hydrogen-bond donors (Lipinski definition) is 8. The molecule has 0 fully saturated rings. The molecule has 6 aromatic rings. The SMILES string of the molecule is Cc1cc(S(=O)(=O)Nc2cc(S(=O)(=O)O)c(O)c3ccccc23)ccc1NC(=O)Nc1ccc(S(=O)(=O)Nc2cc(S(=O)(=O)O)c(O)c3ccccc23)cc1C. The van der Waals surface area contributed by atoms with Gasteiger partial charge in [0.1, 0.15) is 21.3 Å². The normalized spacial score (nSPS) is 12.4. The second kappa shape index (κ2) is 14.3. The molecule has 0 saturated heterocycles. The Kier molecular flexibility index (Phi) is 10.1. The van der Waals surface area contributed by atoms with Crippen molar-refractivity contribution in [1.29, 1.82) is 0 Å². The number of amides is 2. The lowest BCUT2D eigenvalue weighted by Gasteiger charge is -2.16. The lowest BCUT2D eigenvalue weighted by atomic mass is 10.1. The number of aryl methyl sites for hydroxylation is 2. The smallest absolute Gasteiger partial charge is 0.323 e. The number of carbonyl (C=O) groups excluding carboxylic acids is 1. The van der Waals surface area contributed by atoms with Crippen molar-refractivity contribution in [3.63, 3.8) is 0 Å². The summed E-state index contributed by atoms with van der Waals surface area (Å²) in [5, 5.41) is 26.2. The summed E-state index contributed by atoms with van der Waals surface area (Å²) < 4.78 is 125. The third-order valence-electron chi connectivity index (χ3n) is 8.52. The van der Waals surface area contributed by atoms with Crippen LogP contribution in [0.15, 0.2) is 117 Å². The molecule has 0 spiro atoms. The summed E-state index contributed by atoms with van der Waals surface area (Å²) in [6.07, 6.45) is 0. The molecule has 56 heavy (non-hydrogen) atoms. The van der Waals surface area contributed by atoms with Gasteiger partial charge < -0.3 is 20.8 Å². The number of fused-ring (bicyclic) bond motifs is 2. The third-order valence-corrected chi connectivity index (χ3v) is 13.0. The summed E-state index contributed by atoms with van der Waals surface area (Å²) in [6, 6.07) is 19.8. The predicted octanol–water partition coefficient (Wildman–Crippen LogP) is 5.76. The van der Waals surface area contributed by atoms with Gasteiger partial charge >= 0.3 is 6.03 Å². The maximum atomic E-state index is 13.4. The van der Waals surface area contributed by atoms with Crippen LogP contribution in [0.4, 0.5) is 27.5 Å². The van der Waals surface area contributed by atoms with Gasteiger partial charge in [0.25, 0.3) is 40.3 Å². The lowest BCUT2D eigenvalue weighted by molar-refractivity contribution is 0.262. The zero-order chi connectivity index (χ0) is 41.0. The number of nitrogens with one attached hydrogen (secondary N) is 4. The molecule has 2 amide bonds. The van der Waals surface area contributed by atoms with E-state index in [2.05, 4.69) is 20.1 Å². The van der Waals surface area contributed by atoms with E-state index in [1.807, 2.05) is 0 Å². The summed E-state index contributed by atoms with van der Waals surface area (Å²) in [4.78, 5) is 10.6. The van der Waals surface area contributed by atoms with Gasteiger partial charge in [-0.25, -0.2) is 21.6 Å². The van der Waals surface area contributed by atoms with Crippen LogP contribution in [-0.4, -0.2) is 59.0 Å². The van der Waals surface area contributed by atoms with Crippen molar-refractivity contribution in [2.24, 2.45) is 0 Å². The largest absolute Gasteiger partial charge is 0.506 e. The number of rotatable bonds is 10. The minimum Gasteiger partial charge on any atom is -0.506 e. The van der Waals surface area contributed by atoms with Crippen LogP contribution in [0, 0.1) is 13.8 Å². The van der Waals surface area contributed by atoms with Crippen molar-refractivity contribution in [3.05, 3.63) is 108 Å². The summed E-state index contributed by atoms with van der Waals surface area (Å²) in [5.41, 5.74) is 0.486. The molecule has 0 unspecified atom stereocenters. The minimum atomic E-state index is -4.94. The van der Waals surface area contributed by atoms with Crippen LogP contribution in [0.5, 0.6) is 11.5 Å². The Morgan fingerprint density at radius 1 is 0.482 bits per heavy atom. The van der Waals surface area contributed by atoms with Gasteiger partial charge in [-0.3, -0.25) is 18.5 Å². The van der Waals surface area contributed by atoms with E-state index in [1.54, 1.807) is 0 Å². The Morgan fingerprint density at radius 3 is 1.14 bits per heavy atom. The number of sulfonamides is 2. The maximum Gasteiger partial charge on any atom is 0.323 e. The van der Waals surface area contributed by atoms with Gasteiger partial charge in [-0.1, -0.05) is 48.5 Å². The maximum absolute atomic E-state index is 13.4. The first-order valence-electron chi connectivity index (χ1n) is 15.9. The molecule has 0 bridgehead atoms. The molecule has 0 aromatic heterocycles. The Balaban J connectivity index is 1.19. The molecule has 0 radical (unpaired) electrons. The quantitative estimate of drug-likeness (QED) is 0.0602. The van der Waals surface area contributed by atoms with E-state index < -0.39 is 67.6 Å². The Bertz CT molecular complexity index is 2880. The van der Waals surface area contributed by atoms with E-state index in [4.69, 9.17) is 0 Å². The predicted molar refractivity (Wildman–Crippen MR) is 207 cm³/mol. The van der Waals surface area contributed by atoms with Crippen LogP contribution >= 0.6 is 0 Å². The average molecular weight is 843 g/mol. The molecule has 0 atom stereocenters. The minimum absolute atomic E-state index is 0.0371. The number of anilines is 4. The van der Waals surface area contributed by atoms with Crippen LogP contribution in [-0.2, 0) is 40.3 Å². The van der Waals surface area contributed by atoms with Crippen molar-refractivity contribution in [1.82, 2.24) is 0 Å². The second-order valence-electron chi connectivity index (χ2n) is 12.3. The van der Waals surface area contributed by atoms with Gasteiger partial charge in [-0.2, -0.15) is 16.8 Å². The van der Waals surface area contributed by atoms with Crippen LogP contribution in [0.25, 0.3) is 21.5 Å². The third kappa shape index (κ3) is 7.89. The molecule has 0 aliphatic carbocycles. The van der Waals surface area contributed by atoms with Crippen molar-refractivity contribution in [2.45, 2.75) is 33.4 Å². The first-order valence-corrected chi connectivity index (χ1v) is 21.7. The topological polar surface area (TPSA) is 283 Å². The van der Waals surface area contributed by atoms with Gasteiger partial charge in [0.15, 0.2) is 0 Å². The molecule has 6 rings (SSSR count). The fourth-order valence-electron chi connectivity index (χ4n) is 5.80. The molecule has 292 valence electrons. The van der Waals surface area contributed by atoms with E-state index in [9.17, 15) is 57.8 Å². The zero-order valence-corrected chi connectivity index (χ0v) is 32.1. The molecule has 0 aliphatic rings. The van der Waals surface area contributed by atoms with Gasteiger partial charge in [-0.15, -0.1) is 0 Å². The van der Waals surface area contributed by atoms with Gasteiger partial charge in [0.05, 0.1) is 21.2 Å². The van der Waals surface area contributed by atoms with Crippen LogP contribution < -0.4 is 20.1 Å². The van der Waals surface area contributed by atoms with Crippen molar-refractivity contribution in [3.8, 4) is 11.5 Å². The molecule has 0 saturated carbocycles. The first kappa shape index (κ1) is 39.7. The fourth-order valence-corrected chi connectivity index (χ4v) is 9.35. The molecule has 0 aliphatic heterocycles. The molecule has 21 heteroatoms. The van der Waals surface area contributed by atoms with Gasteiger partial charge in [0, 0.05) is 32.9 Å². The number of hydrogen-bond acceptors (Lipinski definition) is 11. The van der Waals surface area contributed by atoms with E-state index in [0.29, 0.717) is 11.1 Å². The van der Waals surface area contributed by atoms with Gasteiger partial charge in [-0.05, 0) is 73.5 Å². The molecule has 0 heterocycles. The average Bonchev–Trinajstić information content (AvgIpc) is 3.11. The summed E-state index contributed by atoms with van der Waals surface area (Å²) >= 11 is 0. The van der Waals surface area contributed by atoms with Gasteiger partial charge in [0.2, 0.25) is 0 Å². The lowest BCUT2D eigenvalue weighted by Crippen LogP contribution is -2.21. The fraction of sp³-hybridized carbons (Fsp3) is 0.0571.